The van der Waals surface area contributed by atoms with Crippen molar-refractivity contribution in [3.63, 3.8) is 0 Å². The number of para-hydroxylation sites is 1. The molecule has 0 saturated heterocycles. The number of nitrogens with zero attached hydrogens (tertiary/aromatic N) is 1. The van der Waals surface area contributed by atoms with Gasteiger partial charge in [-0.3, -0.25) is 10.1 Å². The van der Waals surface area contributed by atoms with Crippen LogP contribution < -0.4 is 20.1 Å². The van der Waals surface area contributed by atoms with E-state index in [2.05, 4.69) is 15.4 Å². The summed E-state index contributed by atoms with van der Waals surface area (Å²) in [5, 5.41) is 27.0. The summed E-state index contributed by atoms with van der Waals surface area (Å²) in [5.41, 5.74) is -2.90. The van der Waals surface area contributed by atoms with E-state index in [4.69, 9.17) is 14.2 Å². The molecule has 2 aromatic carbocycles. The number of non-ortho nitro benzene ring substituents is 1. The van der Waals surface area contributed by atoms with Crippen molar-refractivity contribution in [3.05, 3.63) is 86.2 Å². The van der Waals surface area contributed by atoms with Crippen LogP contribution in [0.1, 0.15) is 36.8 Å². The topological polar surface area (TPSA) is 158 Å². The molecule has 3 N–H and O–H groups in total. The molecule has 1 unspecified atom stereocenters. The Morgan fingerprint density at radius 2 is 1.70 bits per heavy atom. The van der Waals surface area contributed by atoms with Crippen LogP contribution in [0.4, 0.5) is 18.9 Å². The molecule has 0 amide bonds. The SMILES string of the molecule is COC(=O)C1=C(C)NC(C(F)(F)F)=C(C(=O)OC)C1c1cc([N+](=O)[O-])ccc1OCCCCNC[C@H](O)COc1ccccc1C. The molecule has 2 aromatic rings. The lowest BCUT2D eigenvalue weighted by Crippen LogP contribution is -2.38. The zero-order valence-electron chi connectivity index (χ0n) is 25.7. The zero-order chi connectivity index (χ0) is 34.0. The number of nitro benzene ring substituents is 1. The minimum Gasteiger partial charge on any atom is -0.493 e. The lowest BCUT2D eigenvalue weighted by molar-refractivity contribution is -0.384. The number of hydrogen-bond acceptors (Lipinski definition) is 11. The molecule has 15 heteroatoms. The van der Waals surface area contributed by atoms with Crippen LogP contribution >= 0.6 is 0 Å². The van der Waals surface area contributed by atoms with Gasteiger partial charge in [0.05, 0.1) is 42.8 Å². The quantitative estimate of drug-likeness (QED) is 0.110. The van der Waals surface area contributed by atoms with E-state index in [0.29, 0.717) is 25.1 Å². The molecule has 0 saturated carbocycles. The van der Waals surface area contributed by atoms with Crippen LogP contribution in [-0.4, -0.2) is 74.8 Å². The lowest BCUT2D eigenvalue weighted by atomic mass is 9.79. The number of unbranched alkanes of at least 4 members (excludes halogenated alkanes) is 1. The largest absolute Gasteiger partial charge is 0.493 e. The second kappa shape index (κ2) is 16.1. The predicted octanol–water partition coefficient (Wildman–Crippen LogP) is 4.21. The summed E-state index contributed by atoms with van der Waals surface area (Å²) in [4.78, 5) is 36.6. The van der Waals surface area contributed by atoms with E-state index in [0.717, 1.165) is 31.9 Å². The first-order valence-corrected chi connectivity index (χ1v) is 14.2. The van der Waals surface area contributed by atoms with E-state index in [1.807, 2.05) is 31.2 Å². The highest BCUT2D eigenvalue weighted by Gasteiger charge is 2.48. The molecular formula is C31H36F3N3O9. The number of alkyl halides is 3. The number of dihydropyridines is 1. The van der Waals surface area contributed by atoms with Crippen LogP contribution in [-0.2, 0) is 19.1 Å². The molecular weight excluding hydrogens is 615 g/mol. The summed E-state index contributed by atoms with van der Waals surface area (Å²) in [6, 6.07) is 10.7. The number of ether oxygens (including phenoxy) is 4. The van der Waals surface area contributed by atoms with Crippen molar-refractivity contribution in [1.82, 2.24) is 10.6 Å². The minimum atomic E-state index is -5.08. The van der Waals surface area contributed by atoms with E-state index in [-0.39, 0.29) is 42.3 Å². The van der Waals surface area contributed by atoms with Crippen LogP contribution in [0.3, 0.4) is 0 Å². The van der Waals surface area contributed by atoms with Crippen molar-refractivity contribution < 1.29 is 51.7 Å². The summed E-state index contributed by atoms with van der Waals surface area (Å²) < 4.78 is 63.5. The Morgan fingerprint density at radius 3 is 2.33 bits per heavy atom. The average molecular weight is 652 g/mol. The molecule has 46 heavy (non-hydrogen) atoms. The summed E-state index contributed by atoms with van der Waals surface area (Å²) in [5.74, 6) is -3.65. The van der Waals surface area contributed by atoms with Gasteiger partial charge in [-0.1, -0.05) is 18.2 Å². The van der Waals surface area contributed by atoms with Crippen molar-refractivity contribution in [3.8, 4) is 11.5 Å². The lowest BCUT2D eigenvalue weighted by Gasteiger charge is -2.32. The first-order chi connectivity index (χ1) is 21.8. The predicted molar refractivity (Wildman–Crippen MR) is 159 cm³/mol. The van der Waals surface area contributed by atoms with Gasteiger partial charge < -0.3 is 34.7 Å². The van der Waals surface area contributed by atoms with Gasteiger partial charge in [-0.2, -0.15) is 13.2 Å². The van der Waals surface area contributed by atoms with Crippen molar-refractivity contribution in [2.75, 3.05) is 40.5 Å². The molecule has 250 valence electrons. The second-order valence-electron chi connectivity index (χ2n) is 10.3. The maximum atomic E-state index is 14.2. The van der Waals surface area contributed by atoms with Crippen molar-refractivity contribution >= 4 is 17.6 Å². The monoisotopic (exact) mass is 651 g/mol. The number of nitrogens with one attached hydrogen (secondary N) is 2. The number of allylic oxidation sites excluding steroid dienone is 2. The number of halogens is 3. The summed E-state index contributed by atoms with van der Waals surface area (Å²) >= 11 is 0. The summed E-state index contributed by atoms with van der Waals surface area (Å²) in [7, 11) is 1.88. The molecule has 1 aliphatic rings. The number of methoxy groups -OCH3 is 2. The fourth-order valence-corrected chi connectivity index (χ4v) is 4.85. The fourth-order valence-electron chi connectivity index (χ4n) is 4.85. The standard InChI is InChI=1S/C31H36F3N3O9/c1-18-9-5-6-10-23(18)46-17-21(38)16-35-13-7-8-14-45-24-12-11-20(37(41)42)15-22(24)26-25(29(39)43-3)19(2)36-28(31(32,33)34)27(26)30(40)44-4/h5-6,9-12,15,21,26,35-36,38H,7-8,13-14,16-17H2,1-4H3/t21-,26?/m0/s1. The highest BCUT2D eigenvalue weighted by molar-refractivity contribution is 6.00. The third-order valence-corrected chi connectivity index (χ3v) is 7.08. The number of rotatable bonds is 15. The number of carbonyl (C=O) groups is 2. The first kappa shape index (κ1) is 35.8. The van der Waals surface area contributed by atoms with Gasteiger partial charge in [0, 0.05) is 29.9 Å². The third kappa shape index (κ3) is 8.97. The van der Waals surface area contributed by atoms with E-state index in [1.54, 1.807) is 0 Å². The zero-order valence-corrected chi connectivity index (χ0v) is 25.7. The van der Waals surface area contributed by atoms with Gasteiger partial charge in [0.15, 0.2) is 0 Å². The maximum Gasteiger partial charge on any atom is 0.431 e. The average Bonchev–Trinajstić information content (AvgIpc) is 3.02. The Labute approximate surface area is 263 Å². The smallest absolute Gasteiger partial charge is 0.431 e. The maximum absolute atomic E-state index is 14.2. The molecule has 1 aliphatic heterocycles. The third-order valence-electron chi connectivity index (χ3n) is 7.08. The first-order valence-electron chi connectivity index (χ1n) is 14.2. The van der Waals surface area contributed by atoms with Gasteiger partial charge in [-0.25, -0.2) is 9.59 Å². The minimum absolute atomic E-state index is 0.0378. The van der Waals surface area contributed by atoms with Gasteiger partial charge in [-0.05, 0) is 50.9 Å². The van der Waals surface area contributed by atoms with Gasteiger partial charge in [0.25, 0.3) is 5.69 Å². The Hall–Kier alpha value is -4.63. The van der Waals surface area contributed by atoms with Crippen LogP contribution in [0.15, 0.2) is 65.0 Å². The van der Waals surface area contributed by atoms with Crippen molar-refractivity contribution in [1.29, 1.82) is 0 Å². The Morgan fingerprint density at radius 1 is 1.02 bits per heavy atom. The highest BCUT2D eigenvalue weighted by Crippen LogP contribution is 2.46. The van der Waals surface area contributed by atoms with Crippen LogP contribution in [0.25, 0.3) is 0 Å². The number of aliphatic hydroxyl groups is 1. The number of aliphatic hydroxyl groups excluding tert-OH is 1. The Balaban J connectivity index is 1.77. The van der Waals surface area contributed by atoms with Crippen molar-refractivity contribution in [2.45, 2.75) is 44.9 Å². The number of esters is 2. The van der Waals surface area contributed by atoms with E-state index in [1.165, 1.54) is 13.0 Å². The van der Waals surface area contributed by atoms with Gasteiger partial charge >= 0.3 is 18.1 Å². The van der Waals surface area contributed by atoms with E-state index in [9.17, 15) is 38.0 Å². The van der Waals surface area contributed by atoms with E-state index < -0.39 is 52.0 Å². The van der Waals surface area contributed by atoms with Crippen LogP contribution in [0.5, 0.6) is 11.5 Å². The molecule has 2 atom stereocenters. The number of benzene rings is 2. The number of aryl methyl sites for hydroxylation is 1. The molecule has 0 radical (unpaired) electrons. The second-order valence-corrected chi connectivity index (χ2v) is 10.3. The normalized spacial score (nSPS) is 15.6. The molecule has 3 rings (SSSR count). The number of nitro groups is 1. The van der Waals surface area contributed by atoms with Gasteiger partial charge in [0.2, 0.25) is 0 Å². The van der Waals surface area contributed by atoms with E-state index >= 15 is 0 Å². The van der Waals surface area contributed by atoms with Gasteiger partial charge in [-0.15, -0.1) is 0 Å². The molecule has 0 spiro atoms. The summed E-state index contributed by atoms with van der Waals surface area (Å²) in [6.07, 6.45) is -4.83. The molecule has 0 fully saturated rings. The highest BCUT2D eigenvalue weighted by atomic mass is 19.4. The summed E-state index contributed by atoms with van der Waals surface area (Å²) in [6.45, 7) is 3.98. The molecule has 0 bridgehead atoms. The molecule has 1 heterocycles. The molecule has 0 aromatic heterocycles. The fraction of sp³-hybridized carbons (Fsp3) is 0.419. The Bertz CT molecular complexity index is 1490. The van der Waals surface area contributed by atoms with Crippen LogP contribution in [0, 0.1) is 17.0 Å². The van der Waals surface area contributed by atoms with Crippen LogP contribution in [0.2, 0.25) is 0 Å². The van der Waals surface area contributed by atoms with Crippen molar-refractivity contribution in [2.24, 2.45) is 0 Å². The molecule has 0 aliphatic carbocycles. The number of carbonyl (C=O) groups excluding carboxylic acids is 2. The molecule has 12 nitrogen and oxygen atoms in total. The van der Waals surface area contributed by atoms with Gasteiger partial charge in [0.1, 0.15) is 29.9 Å². The Kier molecular flexibility index (Phi) is 12.5. The number of hydrogen-bond donors (Lipinski definition) is 3.